The quantitative estimate of drug-likeness (QED) is 0.595. The normalized spacial score (nSPS) is 18.6. The summed E-state index contributed by atoms with van der Waals surface area (Å²) in [6.45, 7) is 10.2. The average Bonchev–Trinajstić information content (AvgIpc) is 2.73. The summed E-state index contributed by atoms with van der Waals surface area (Å²) < 4.78 is 5.60. The SMILES string of the molecule is CCNC(=NCc1ccc(N2CCOC(C)C2)nc1)NC(C)c1ccccc1. The summed E-state index contributed by atoms with van der Waals surface area (Å²) in [6.07, 6.45) is 2.17. The van der Waals surface area contributed by atoms with Crippen LogP contribution in [0.2, 0.25) is 0 Å². The first kappa shape index (κ1) is 20.1. The number of anilines is 1. The number of ether oxygens (including phenoxy) is 1. The van der Waals surface area contributed by atoms with Gasteiger partial charge in [-0.05, 0) is 38.0 Å². The van der Waals surface area contributed by atoms with Crippen LogP contribution in [0.3, 0.4) is 0 Å². The number of aliphatic imine (C=N–C) groups is 1. The maximum atomic E-state index is 5.60. The predicted octanol–water partition coefficient (Wildman–Crippen LogP) is 3.12. The van der Waals surface area contributed by atoms with Gasteiger partial charge in [0.1, 0.15) is 5.82 Å². The molecular weight excluding hydrogens is 350 g/mol. The fourth-order valence-corrected chi connectivity index (χ4v) is 3.24. The number of benzene rings is 1. The van der Waals surface area contributed by atoms with Crippen molar-refractivity contribution in [2.45, 2.75) is 39.5 Å². The van der Waals surface area contributed by atoms with Gasteiger partial charge in [-0.1, -0.05) is 36.4 Å². The van der Waals surface area contributed by atoms with Gasteiger partial charge in [0, 0.05) is 25.8 Å². The molecule has 1 aromatic heterocycles. The summed E-state index contributed by atoms with van der Waals surface area (Å²) in [6, 6.07) is 14.8. The molecule has 2 unspecified atom stereocenters. The molecule has 28 heavy (non-hydrogen) atoms. The highest BCUT2D eigenvalue weighted by atomic mass is 16.5. The van der Waals surface area contributed by atoms with Crippen LogP contribution in [-0.4, -0.2) is 43.3 Å². The Hall–Kier alpha value is -2.60. The zero-order chi connectivity index (χ0) is 19.8. The van der Waals surface area contributed by atoms with Gasteiger partial charge >= 0.3 is 0 Å². The number of hydrogen-bond acceptors (Lipinski definition) is 4. The Balaban J connectivity index is 1.61. The number of pyridine rings is 1. The molecule has 2 atom stereocenters. The maximum absolute atomic E-state index is 5.60. The van der Waals surface area contributed by atoms with E-state index in [1.54, 1.807) is 0 Å². The average molecular weight is 382 g/mol. The van der Waals surface area contributed by atoms with Gasteiger partial charge < -0.3 is 20.3 Å². The van der Waals surface area contributed by atoms with Crippen LogP contribution in [0.25, 0.3) is 0 Å². The highest BCUT2D eigenvalue weighted by Gasteiger charge is 2.17. The van der Waals surface area contributed by atoms with Crippen molar-refractivity contribution >= 4 is 11.8 Å². The Labute approximate surface area is 168 Å². The third kappa shape index (κ3) is 5.70. The van der Waals surface area contributed by atoms with E-state index in [-0.39, 0.29) is 12.1 Å². The number of nitrogens with one attached hydrogen (secondary N) is 2. The summed E-state index contributed by atoms with van der Waals surface area (Å²) in [4.78, 5) is 11.6. The predicted molar refractivity (Wildman–Crippen MR) is 115 cm³/mol. The molecule has 1 aliphatic rings. The monoisotopic (exact) mass is 381 g/mol. The van der Waals surface area contributed by atoms with Crippen molar-refractivity contribution in [1.29, 1.82) is 0 Å². The third-order valence-electron chi connectivity index (χ3n) is 4.79. The molecule has 0 saturated carbocycles. The van der Waals surface area contributed by atoms with Crippen LogP contribution >= 0.6 is 0 Å². The van der Waals surface area contributed by atoms with E-state index in [9.17, 15) is 0 Å². The lowest BCUT2D eigenvalue weighted by Gasteiger charge is -2.32. The van der Waals surface area contributed by atoms with Crippen LogP contribution in [-0.2, 0) is 11.3 Å². The summed E-state index contributed by atoms with van der Waals surface area (Å²) in [5.74, 6) is 1.82. The smallest absolute Gasteiger partial charge is 0.192 e. The molecule has 1 fully saturated rings. The van der Waals surface area contributed by atoms with Crippen LogP contribution in [0.5, 0.6) is 0 Å². The molecule has 3 rings (SSSR count). The van der Waals surface area contributed by atoms with Crippen molar-refractivity contribution in [2.75, 3.05) is 31.1 Å². The van der Waals surface area contributed by atoms with E-state index in [0.717, 1.165) is 43.6 Å². The molecular formula is C22H31N5O. The zero-order valence-corrected chi connectivity index (χ0v) is 17.1. The molecule has 1 aliphatic heterocycles. The van der Waals surface area contributed by atoms with Crippen molar-refractivity contribution in [2.24, 2.45) is 4.99 Å². The van der Waals surface area contributed by atoms with Crippen molar-refractivity contribution in [3.63, 3.8) is 0 Å². The molecule has 0 radical (unpaired) electrons. The molecule has 2 N–H and O–H groups in total. The third-order valence-corrected chi connectivity index (χ3v) is 4.79. The van der Waals surface area contributed by atoms with Gasteiger partial charge in [0.05, 0.1) is 25.3 Å². The van der Waals surface area contributed by atoms with Crippen LogP contribution < -0.4 is 15.5 Å². The van der Waals surface area contributed by atoms with E-state index in [1.807, 2.05) is 12.3 Å². The van der Waals surface area contributed by atoms with Crippen molar-refractivity contribution < 1.29 is 4.74 Å². The Bertz CT molecular complexity index is 747. The standard InChI is InChI=1S/C22H31N5O/c1-4-23-22(26-18(3)20-8-6-5-7-9-20)25-15-19-10-11-21(24-14-19)27-12-13-28-17(2)16-27/h5-11,14,17-18H,4,12-13,15-16H2,1-3H3,(H2,23,25,26). The lowest BCUT2D eigenvalue weighted by atomic mass is 10.1. The first-order chi connectivity index (χ1) is 13.7. The molecule has 0 bridgehead atoms. The number of morpholine rings is 1. The van der Waals surface area contributed by atoms with E-state index in [0.29, 0.717) is 6.54 Å². The number of aromatic nitrogens is 1. The van der Waals surface area contributed by atoms with Crippen LogP contribution in [0.15, 0.2) is 53.7 Å². The number of hydrogen-bond donors (Lipinski definition) is 2. The van der Waals surface area contributed by atoms with Crippen LogP contribution in [0.1, 0.15) is 37.9 Å². The summed E-state index contributed by atoms with van der Waals surface area (Å²) in [5.41, 5.74) is 2.33. The molecule has 2 aromatic rings. The first-order valence-corrected chi connectivity index (χ1v) is 10.1. The van der Waals surface area contributed by atoms with Crippen molar-refractivity contribution in [1.82, 2.24) is 15.6 Å². The lowest BCUT2D eigenvalue weighted by Crippen LogP contribution is -2.41. The zero-order valence-electron chi connectivity index (χ0n) is 17.1. The van der Waals surface area contributed by atoms with Gasteiger partial charge in [0.2, 0.25) is 0 Å². The highest BCUT2D eigenvalue weighted by Crippen LogP contribution is 2.16. The number of guanidine groups is 1. The Morgan fingerprint density at radius 2 is 2.11 bits per heavy atom. The van der Waals surface area contributed by atoms with E-state index >= 15 is 0 Å². The fraction of sp³-hybridized carbons (Fsp3) is 0.455. The van der Waals surface area contributed by atoms with Gasteiger partial charge in [-0.2, -0.15) is 0 Å². The lowest BCUT2D eigenvalue weighted by molar-refractivity contribution is 0.0529. The highest BCUT2D eigenvalue weighted by molar-refractivity contribution is 5.80. The van der Waals surface area contributed by atoms with Gasteiger partial charge in [-0.3, -0.25) is 0 Å². The molecule has 0 spiro atoms. The van der Waals surface area contributed by atoms with Crippen LogP contribution in [0.4, 0.5) is 5.82 Å². The largest absolute Gasteiger partial charge is 0.375 e. The maximum Gasteiger partial charge on any atom is 0.192 e. The fourth-order valence-electron chi connectivity index (χ4n) is 3.24. The second kappa shape index (κ2) is 10.1. The Kier molecular flexibility index (Phi) is 7.25. The molecule has 0 aliphatic carbocycles. The Morgan fingerprint density at radius 1 is 1.29 bits per heavy atom. The summed E-state index contributed by atoms with van der Waals surface area (Å²) in [7, 11) is 0. The first-order valence-electron chi connectivity index (χ1n) is 10.1. The van der Waals surface area contributed by atoms with Crippen LogP contribution in [0, 0.1) is 0 Å². The van der Waals surface area contributed by atoms with Crippen molar-refractivity contribution in [3.8, 4) is 0 Å². The van der Waals surface area contributed by atoms with Gasteiger partial charge in [0.25, 0.3) is 0 Å². The van der Waals surface area contributed by atoms with E-state index in [2.05, 4.69) is 77.7 Å². The molecule has 1 aromatic carbocycles. The van der Waals surface area contributed by atoms with E-state index in [1.165, 1.54) is 5.56 Å². The minimum absolute atomic E-state index is 0.183. The van der Waals surface area contributed by atoms with E-state index < -0.39 is 0 Å². The second-order valence-electron chi connectivity index (χ2n) is 7.12. The summed E-state index contributed by atoms with van der Waals surface area (Å²) in [5, 5.41) is 6.79. The number of nitrogens with zero attached hydrogens (tertiary/aromatic N) is 3. The number of rotatable bonds is 6. The molecule has 2 heterocycles. The molecule has 0 amide bonds. The Morgan fingerprint density at radius 3 is 2.79 bits per heavy atom. The minimum Gasteiger partial charge on any atom is -0.375 e. The van der Waals surface area contributed by atoms with Gasteiger partial charge in [-0.25, -0.2) is 9.98 Å². The molecule has 6 nitrogen and oxygen atoms in total. The van der Waals surface area contributed by atoms with Gasteiger partial charge in [-0.15, -0.1) is 0 Å². The van der Waals surface area contributed by atoms with Gasteiger partial charge in [0.15, 0.2) is 5.96 Å². The second-order valence-corrected chi connectivity index (χ2v) is 7.12. The molecule has 150 valence electrons. The summed E-state index contributed by atoms with van der Waals surface area (Å²) >= 11 is 0. The minimum atomic E-state index is 0.183. The van der Waals surface area contributed by atoms with E-state index in [4.69, 9.17) is 9.73 Å². The molecule has 1 saturated heterocycles. The molecule has 6 heteroatoms. The van der Waals surface area contributed by atoms with Crippen molar-refractivity contribution in [3.05, 3.63) is 59.8 Å². The topological polar surface area (TPSA) is 61.8 Å².